The number of hydrogen-bond acceptors (Lipinski definition) is 5. The topological polar surface area (TPSA) is 82.1 Å². The molecular formula is C15H17ClO6. The fourth-order valence-electron chi connectivity index (χ4n) is 1.94. The van der Waals surface area contributed by atoms with Gasteiger partial charge in [0.2, 0.25) is 0 Å². The second-order valence-corrected chi connectivity index (χ2v) is 4.77. The van der Waals surface area contributed by atoms with Crippen LogP contribution in [0.3, 0.4) is 0 Å². The first kappa shape index (κ1) is 17.8. The third-order valence-corrected chi connectivity index (χ3v) is 3.36. The molecule has 0 atom stereocenters. The Hall–Kier alpha value is -2.21. The minimum Gasteiger partial charge on any atom is -0.493 e. The van der Waals surface area contributed by atoms with Crippen molar-refractivity contribution in [3.05, 3.63) is 28.3 Å². The third kappa shape index (κ3) is 3.92. The molecule has 0 saturated carbocycles. The van der Waals surface area contributed by atoms with E-state index in [0.717, 1.165) is 0 Å². The number of esters is 1. The van der Waals surface area contributed by atoms with E-state index >= 15 is 0 Å². The molecule has 0 radical (unpaired) electrons. The summed E-state index contributed by atoms with van der Waals surface area (Å²) in [5.41, 5.74) is 1.03. The summed E-state index contributed by atoms with van der Waals surface area (Å²) in [5.74, 6) is -1.10. The van der Waals surface area contributed by atoms with Crippen LogP contribution in [0.5, 0.6) is 11.5 Å². The standard InChI is InChI=1S/C15H17ClO6/c1-8(10(7-13(17)18)15(19)22-4)9-5-11(16)14(21-3)12(6-9)20-2/h5-6H,7H2,1-4H3,(H,17,18). The maximum Gasteiger partial charge on any atom is 0.334 e. The van der Waals surface area contributed by atoms with E-state index in [1.165, 1.54) is 21.3 Å². The highest BCUT2D eigenvalue weighted by molar-refractivity contribution is 6.32. The minimum atomic E-state index is -1.13. The Balaban J connectivity index is 3.48. The van der Waals surface area contributed by atoms with Gasteiger partial charge in [-0.25, -0.2) is 4.79 Å². The Labute approximate surface area is 133 Å². The van der Waals surface area contributed by atoms with Crippen molar-refractivity contribution in [1.29, 1.82) is 0 Å². The molecule has 0 aromatic heterocycles. The van der Waals surface area contributed by atoms with Gasteiger partial charge in [-0.3, -0.25) is 4.79 Å². The lowest BCUT2D eigenvalue weighted by Crippen LogP contribution is -2.11. The van der Waals surface area contributed by atoms with E-state index in [2.05, 4.69) is 4.74 Å². The fraction of sp³-hybridized carbons (Fsp3) is 0.333. The molecular weight excluding hydrogens is 312 g/mol. The highest BCUT2D eigenvalue weighted by atomic mass is 35.5. The molecule has 0 heterocycles. The molecule has 0 bridgehead atoms. The maximum atomic E-state index is 11.8. The van der Waals surface area contributed by atoms with Gasteiger partial charge in [-0.2, -0.15) is 0 Å². The minimum absolute atomic E-state index is 0.0401. The molecule has 6 nitrogen and oxygen atoms in total. The first-order valence-electron chi connectivity index (χ1n) is 6.27. The monoisotopic (exact) mass is 328 g/mol. The summed E-state index contributed by atoms with van der Waals surface area (Å²) < 4.78 is 15.0. The number of carbonyl (C=O) groups excluding carboxylic acids is 1. The van der Waals surface area contributed by atoms with Crippen molar-refractivity contribution in [3.63, 3.8) is 0 Å². The van der Waals surface area contributed by atoms with E-state index in [4.69, 9.17) is 26.2 Å². The number of benzene rings is 1. The molecule has 0 amide bonds. The van der Waals surface area contributed by atoms with Crippen LogP contribution in [0, 0.1) is 0 Å². The Morgan fingerprint density at radius 2 is 1.82 bits per heavy atom. The van der Waals surface area contributed by atoms with Gasteiger partial charge in [0.1, 0.15) is 0 Å². The predicted octanol–water partition coefficient (Wildman–Crippen LogP) is 2.78. The summed E-state index contributed by atoms with van der Waals surface area (Å²) in [7, 11) is 4.10. The molecule has 0 saturated heterocycles. The Morgan fingerprint density at radius 3 is 2.27 bits per heavy atom. The predicted molar refractivity (Wildman–Crippen MR) is 81.4 cm³/mol. The quantitative estimate of drug-likeness (QED) is 0.638. The van der Waals surface area contributed by atoms with Crippen LogP contribution < -0.4 is 9.47 Å². The van der Waals surface area contributed by atoms with Crippen molar-refractivity contribution < 1.29 is 28.9 Å². The van der Waals surface area contributed by atoms with Crippen LogP contribution in [0.25, 0.3) is 5.57 Å². The van der Waals surface area contributed by atoms with E-state index in [-0.39, 0.29) is 10.6 Å². The fourth-order valence-corrected chi connectivity index (χ4v) is 2.23. The zero-order chi connectivity index (χ0) is 16.9. The number of ether oxygens (including phenoxy) is 3. The number of carboxylic acid groups (broad SMARTS) is 1. The third-order valence-electron chi connectivity index (χ3n) is 3.08. The van der Waals surface area contributed by atoms with Gasteiger partial charge in [0.15, 0.2) is 11.5 Å². The van der Waals surface area contributed by atoms with Crippen molar-refractivity contribution in [2.24, 2.45) is 0 Å². The van der Waals surface area contributed by atoms with Crippen LogP contribution in [-0.4, -0.2) is 38.4 Å². The second-order valence-electron chi connectivity index (χ2n) is 4.36. The molecule has 7 heteroatoms. The summed E-state index contributed by atoms with van der Waals surface area (Å²) in [5, 5.41) is 9.24. The zero-order valence-electron chi connectivity index (χ0n) is 12.7. The van der Waals surface area contributed by atoms with E-state index in [1.807, 2.05) is 0 Å². The van der Waals surface area contributed by atoms with Gasteiger partial charge in [0.25, 0.3) is 0 Å². The number of aliphatic carboxylic acids is 1. The smallest absolute Gasteiger partial charge is 0.334 e. The van der Waals surface area contributed by atoms with E-state index in [1.54, 1.807) is 19.1 Å². The van der Waals surface area contributed by atoms with Crippen molar-refractivity contribution >= 4 is 29.1 Å². The average molecular weight is 329 g/mol. The van der Waals surface area contributed by atoms with Gasteiger partial charge >= 0.3 is 11.9 Å². The summed E-state index contributed by atoms with van der Waals surface area (Å²) >= 11 is 6.12. The zero-order valence-corrected chi connectivity index (χ0v) is 13.5. The van der Waals surface area contributed by atoms with Gasteiger partial charge in [0, 0.05) is 0 Å². The first-order valence-corrected chi connectivity index (χ1v) is 6.65. The van der Waals surface area contributed by atoms with Crippen molar-refractivity contribution in [3.8, 4) is 11.5 Å². The lowest BCUT2D eigenvalue weighted by atomic mass is 9.98. The summed E-state index contributed by atoms with van der Waals surface area (Å²) in [6.07, 6.45) is -0.454. The number of allylic oxidation sites excluding steroid dienone is 1. The normalized spacial score (nSPS) is 11.5. The SMILES string of the molecule is COC(=O)C(CC(=O)O)=C(C)c1cc(Cl)c(OC)c(OC)c1. The van der Waals surface area contributed by atoms with Crippen LogP contribution in [0.4, 0.5) is 0 Å². The lowest BCUT2D eigenvalue weighted by molar-refractivity contribution is -0.141. The molecule has 1 N–H and O–H groups in total. The largest absolute Gasteiger partial charge is 0.493 e. The van der Waals surface area contributed by atoms with Gasteiger partial charge < -0.3 is 19.3 Å². The first-order chi connectivity index (χ1) is 10.3. The molecule has 0 spiro atoms. The van der Waals surface area contributed by atoms with E-state index < -0.39 is 18.4 Å². The maximum absolute atomic E-state index is 11.8. The molecule has 0 aliphatic rings. The van der Waals surface area contributed by atoms with Crippen LogP contribution in [0.15, 0.2) is 17.7 Å². The lowest BCUT2D eigenvalue weighted by Gasteiger charge is -2.14. The number of hydrogen-bond donors (Lipinski definition) is 1. The number of rotatable bonds is 6. The van der Waals surface area contributed by atoms with Crippen molar-refractivity contribution in [2.45, 2.75) is 13.3 Å². The van der Waals surface area contributed by atoms with Gasteiger partial charge in [-0.1, -0.05) is 11.6 Å². The molecule has 0 unspecified atom stereocenters. The molecule has 1 rings (SSSR count). The molecule has 120 valence electrons. The van der Waals surface area contributed by atoms with Crippen LogP contribution in [0.2, 0.25) is 5.02 Å². The highest BCUT2D eigenvalue weighted by Gasteiger charge is 2.20. The average Bonchev–Trinajstić information content (AvgIpc) is 2.49. The van der Waals surface area contributed by atoms with Crippen LogP contribution in [-0.2, 0) is 14.3 Å². The van der Waals surface area contributed by atoms with Crippen LogP contribution in [0.1, 0.15) is 18.9 Å². The Morgan fingerprint density at radius 1 is 1.18 bits per heavy atom. The van der Waals surface area contributed by atoms with Crippen molar-refractivity contribution in [1.82, 2.24) is 0 Å². The summed E-state index contributed by atoms with van der Waals surface area (Å²) in [6, 6.07) is 3.19. The summed E-state index contributed by atoms with van der Waals surface area (Å²) in [6.45, 7) is 1.62. The molecule has 1 aromatic carbocycles. The van der Waals surface area contributed by atoms with Gasteiger partial charge in [-0.05, 0) is 30.2 Å². The molecule has 0 fully saturated rings. The van der Waals surface area contributed by atoms with Gasteiger partial charge in [-0.15, -0.1) is 0 Å². The second kappa shape index (κ2) is 7.70. The Bertz CT molecular complexity index is 621. The van der Waals surface area contributed by atoms with Gasteiger partial charge in [0.05, 0.1) is 38.3 Å². The van der Waals surface area contributed by atoms with E-state index in [0.29, 0.717) is 22.6 Å². The molecule has 0 aliphatic carbocycles. The number of halogens is 1. The van der Waals surface area contributed by atoms with E-state index in [9.17, 15) is 9.59 Å². The number of carbonyl (C=O) groups is 2. The molecule has 22 heavy (non-hydrogen) atoms. The summed E-state index contributed by atoms with van der Waals surface area (Å²) in [4.78, 5) is 22.7. The molecule has 0 aliphatic heterocycles. The number of carboxylic acids is 1. The van der Waals surface area contributed by atoms with Crippen molar-refractivity contribution in [2.75, 3.05) is 21.3 Å². The van der Waals surface area contributed by atoms with Crippen LogP contribution >= 0.6 is 11.6 Å². The number of methoxy groups -OCH3 is 3. The Kier molecular flexibility index (Phi) is 6.24. The molecule has 1 aromatic rings. The highest BCUT2D eigenvalue weighted by Crippen LogP contribution is 2.38.